The highest BCUT2D eigenvalue weighted by Gasteiger charge is 2.16. The van der Waals surface area contributed by atoms with Crippen LogP contribution in [0.3, 0.4) is 0 Å². The van der Waals surface area contributed by atoms with Crippen molar-refractivity contribution in [3.63, 3.8) is 0 Å². The Morgan fingerprint density at radius 3 is 2.92 bits per heavy atom. The fraction of sp³-hybridized carbons (Fsp3) is 0.455. The van der Waals surface area contributed by atoms with Gasteiger partial charge in [-0.2, -0.15) is 0 Å². The number of hydrogen-bond donors (Lipinski definition) is 0. The molecular weight excluding hydrogens is 165 g/mol. The van der Waals surface area contributed by atoms with Crippen LogP contribution < -0.4 is 0 Å². The smallest absolute Gasteiger partial charge is 0.127 e. The molecule has 0 bridgehead atoms. The van der Waals surface area contributed by atoms with E-state index >= 15 is 0 Å². The van der Waals surface area contributed by atoms with E-state index < -0.39 is 0 Å². The molecule has 0 unspecified atom stereocenters. The van der Waals surface area contributed by atoms with Crippen molar-refractivity contribution < 1.29 is 4.39 Å². The normalized spacial score (nSPS) is 17.2. The molecule has 1 aliphatic heterocycles. The monoisotopic (exact) mass is 179 g/mol. The van der Waals surface area contributed by atoms with Gasteiger partial charge in [0, 0.05) is 13.1 Å². The molecule has 1 aromatic rings. The van der Waals surface area contributed by atoms with Gasteiger partial charge in [-0.3, -0.25) is 0 Å². The molecule has 0 aromatic heterocycles. The summed E-state index contributed by atoms with van der Waals surface area (Å²) in [5.41, 5.74) is 3.10. The Labute approximate surface area is 78.2 Å². The number of benzene rings is 1. The van der Waals surface area contributed by atoms with E-state index in [2.05, 4.69) is 18.0 Å². The second-order valence-corrected chi connectivity index (χ2v) is 3.87. The van der Waals surface area contributed by atoms with Gasteiger partial charge in [-0.05, 0) is 43.1 Å². The molecule has 13 heavy (non-hydrogen) atoms. The molecule has 1 aromatic carbocycles. The van der Waals surface area contributed by atoms with Gasteiger partial charge < -0.3 is 4.90 Å². The Bertz CT molecular complexity index is 333. The van der Waals surface area contributed by atoms with Crippen LogP contribution in [0.1, 0.15) is 16.7 Å². The third-order valence-corrected chi connectivity index (χ3v) is 2.62. The Kier molecular flexibility index (Phi) is 2.08. The fourth-order valence-electron chi connectivity index (χ4n) is 1.94. The lowest BCUT2D eigenvalue weighted by Gasteiger charge is -2.25. The maximum absolute atomic E-state index is 13.4. The summed E-state index contributed by atoms with van der Waals surface area (Å²) >= 11 is 0. The minimum absolute atomic E-state index is 0.0249. The predicted octanol–water partition coefficient (Wildman–Crippen LogP) is 2.12. The highest BCUT2D eigenvalue weighted by molar-refractivity contribution is 5.34. The Hall–Kier alpha value is -0.890. The zero-order valence-corrected chi connectivity index (χ0v) is 8.10. The lowest BCUT2D eigenvalue weighted by molar-refractivity contribution is 0.308. The van der Waals surface area contributed by atoms with E-state index in [1.807, 2.05) is 6.92 Å². The summed E-state index contributed by atoms with van der Waals surface area (Å²) in [4.78, 5) is 2.22. The zero-order valence-electron chi connectivity index (χ0n) is 8.10. The van der Waals surface area contributed by atoms with Crippen LogP contribution in [0, 0.1) is 12.7 Å². The van der Waals surface area contributed by atoms with Crippen molar-refractivity contribution in [2.45, 2.75) is 19.9 Å². The third kappa shape index (κ3) is 1.59. The largest absolute Gasteiger partial charge is 0.302 e. The summed E-state index contributed by atoms with van der Waals surface area (Å²) in [6.07, 6.45) is 0.845. The average Bonchev–Trinajstić information content (AvgIpc) is 2.02. The van der Waals surface area contributed by atoms with Crippen LogP contribution in [-0.2, 0) is 13.0 Å². The molecule has 0 radical (unpaired) electrons. The maximum atomic E-state index is 13.4. The van der Waals surface area contributed by atoms with Gasteiger partial charge in [0.2, 0.25) is 0 Å². The molecule has 1 aliphatic rings. The molecule has 70 valence electrons. The first-order valence-corrected chi connectivity index (χ1v) is 4.63. The molecule has 0 saturated heterocycles. The topological polar surface area (TPSA) is 3.24 Å². The lowest BCUT2D eigenvalue weighted by Crippen LogP contribution is -2.27. The van der Waals surface area contributed by atoms with Crippen LogP contribution in [-0.4, -0.2) is 18.5 Å². The quantitative estimate of drug-likeness (QED) is 0.589. The Morgan fingerprint density at radius 2 is 2.15 bits per heavy atom. The Morgan fingerprint density at radius 1 is 1.38 bits per heavy atom. The second-order valence-electron chi connectivity index (χ2n) is 3.87. The summed E-state index contributed by atoms with van der Waals surface area (Å²) < 4.78 is 13.4. The molecule has 0 saturated carbocycles. The summed E-state index contributed by atoms with van der Waals surface area (Å²) in [6, 6.07) is 3.72. The molecular formula is C11H14FN. The number of fused-ring (bicyclic) bond motifs is 1. The zero-order chi connectivity index (χ0) is 9.42. The summed E-state index contributed by atoms with van der Waals surface area (Å²) in [6.45, 7) is 3.79. The molecule has 0 fully saturated rings. The van der Waals surface area contributed by atoms with Crippen LogP contribution >= 0.6 is 0 Å². The Balaban J connectivity index is 2.47. The summed E-state index contributed by atoms with van der Waals surface area (Å²) in [7, 11) is 2.07. The second kappa shape index (κ2) is 3.11. The predicted molar refractivity (Wildman–Crippen MR) is 51.2 cm³/mol. The van der Waals surface area contributed by atoms with Crippen LogP contribution in [0.25, 0.3) is 0 Å². The van der Waals surface area contributed by atoms with E-state index in [4.69, 9.17) is 0 Å². The van der Waals surface area contributed by atoms with Crippen molar-refractivity contribution in [3.05, 3.63) is 34.6 Å². The van der Waals surface area contributed by atoms with Crippen molar-refractivity contribution in [2.24, 2.45) is 0 Å². The van der Waals surface area contributed by atoms with Gasteiger partial charge in [-0.25, -0.2) is 4.39 Å². The van der Waals surface area contributed by atoms with Crippen LogP contribution in [0.4, 0.5) is 4.39 Å². The number of nitrogens with zero attached hydrogens (tertiary/aromatic N) is 1. The van der Waals surface area contributed by atoms with Crippen molar-refractivity contribution in [3.8, 4) is 0 Å². The van der Waals surface area contributed by atoms with Gasteiger partial charge in [-0.1, -0.05) is 6.07 Å². The first-order chi connectivity index (χ1) is 6.16. The maximum Gasteiger partial charge on any atom is 0.127 e. The van der Waals surface area contributed by atoms with Crippen LogP contribution in [0.5, 0.6) is 0 Å². The van der Waals surface area contributed by atoms with E-state index in [-0.39, 0.29) is 5.82 Å². The first-order valence-electron chi connectivity index (χ1n) is 4.63. The van der Waals surface area contributed by atoms with Crippen molar-refractivity contribution in [1.29, 1.82) is 0 Å². The molecule has 2 heteroatoms. The van der Waals surface area contributed by atoms with E-state index in [0.29, 0.717) is 0 Å². The van der Waals surface area contributed by atoms with Crippen molar-refractivity contribution in [2.75, 3.05) is 13.6 Å². The van der Waals surface area contributed by atoms with Gasteiger partial charge in [0.15, 0.2) is 0 Å². The molecule has 2 rings (SSSR count). The molecule has 1 nitrogen and oxygen atoms in total. The van der Waals surface area contributed by atoms with E-state index in [1.165, 1.54) is 0 Å². The van der Waals surface area contributed by atoms with Gasteiger partial charge in [0.05, 0.1) is 0 Å². The van der Waals surface area contributed by atoms with E-state index in [0.717, 1.165) is 36.2 Å². The molecule has 0 amide bonds. The molecule has 0 N–H and O–H groups in total. The van der Waals surface area contributed by atoms with Gasteiger partial charge in [0.1, 0.15) is 5.82 Å². The minimum atomic E-state index is -0.0249. The third-order valence-electron chi connectivity index (χ3n) is 2.62. The number of rotatable bonds is 0. The van der Waals surface area contributed by atoms with Crippen LogP contribution in [0.2, 0.25) is 0 Å². The summed E-state index contributed by atoms with van der Waals surface area (Å²) in [5.74, 6) is -0.0249. The van der Waals surface area contributed by atoms with Gasteiger partial charge >= 0.3 is 0 Å². The number of aryl methyl sites for hydroxylation is 1. The number of halogens is 1. The van der Waals surface area contributed by atoms with Crippen molar-refractivity contribution in [1.82, 2.24) is 4.90 Å². The first kappa shape index (κ1) is 8.70. The fourth-order valence-corrected chi connectivity index (χ4v) is 1.94. The standard InChI is InChI=1S/C11H14FN/c1-8-5-9-7-13(2)4-3-10(9)11(12)6-8/h5-6H,3-4,7H2,1-2H3. The van der Waals surface area contributed by atoms with E-state index in [9.17, 15) is 4.39 Å². The van der Waals surface area contributed by atoms with Gasteiger partial charge in [-0.15, -0.1) is 0 Å². The number of likely N-dealkylation sites (N-methyl/N-ethyl adjacent to an activating group) is 1. The minimum Gasteiger partial charge on any atom is -0.302 e. The SMILES string of the molecule is Cc1cc(F)c2c(c1)CN(C)CC2. The lowest BCUT2D eigenvalue weighted by atomic mass is 9.97. The average molecular weight is 179 g/mol. The molecule has 0 atom stereocenters. The van der Waals surface area contributed by atoms with Crippen molar-refractivity contribution >= 4 is 0 Å². The highest BCUT2D eigenvalue weighted by Crippen LogP contribution is 2.22. The van der Waals surface area contributed by atoms with Crippen LogP contribution in [0.15, 0.2) is 12.1 Å². The highest BCUT2D eigenvalue weighted by atomic mass is 19.1. The molecule has 0 aliphatic carbocycles. The molecule has 0 spiro atoms. The van der Waals surface area contributed by atoms with Gasteiger partial charge in [0.25, 0.3) is 0 Å². The van der Waals surface area contributed by atoms with E-state index in [1.54, 1.807) is 6.07 Å². The summed E-state index contributed by atoms with van der Waals surface area (Å²) in [5, 5.41) is 0. The molecule has 1 heterocycles. The number of hydrogen-bond acceptors (Lipinski definition) is 1.